The summed E-state index contributed by atoms with van der Waals surface area (Å²) in [5, 5.41) is 7.23. The number of oxime groups is 1. The number of fused-ring (bicyclic) bond motifs is 2. The van der Waals surface area contributed by atoms with E-state index in [1.54, 1.807) is 6.33 Å². The van der Waals surface area contributed by atoms with E-state index in [4.69, 9.17) is 4.84 Å². The van der Waals surface area contributed by atoms with Crippen LogP contribution in [-0.2, 0) is 4.84 Å². The minimum Gasteiger partial charge on any atom is -0.391 e. The van der Waals surface area contributed by atoms with Crippen LogP contribution in [-0.4, -0.2) is 36.8 Å². The van der Waals surface area contributed by atoms with E-state index in [9.17, 15) is 0 Å². The number of imidazole rings is 1. The lowest BCUT2D eigenvalue weighted by Crippen LogP contribution is -2.12. The molecule has 2 aromatic heterocycles. The minimum absolute atomic E-state index is 0.164. The highest BCUT2D eigenvalue weighted by Crippen LogP contribution is 2.42. The molecule has 3 heterocycles. The van der Waals surface area contributed by atoms with Gasteiger partial charge >= 0.3 is 0 Å². The van der Waals surface area contributed by atoms with Gasteiger partial charge in [0, 0.05) is 19.0 Å². The smallest absolute Gasteiger partial charge is 0.165 e. The van der Waals surface area contributed by atoms with Crippen LogP contribution in [0.25, 0.3) is 11.2 Å². The zero-order valence-corrected chi connectivity index (χ0v) is 13.1. The van der Waals surface area contributed by atoms with Crippen LogP contribution in [0.15, 0.2) is 17.8 Å². The number of halogens is 1. The molecule has 1 N–H and O–H groups in total. The van der Waals surface area contributed by atoms with Gasteiger partial charge in [0.2, 0.25) is 0 Å². The normalized spacial score (nSPS) is 27.5. The first-order valence-electron chi connectivity index (χ1n) is 7.08. The maximum Gasteiger partial charge on any atom is 0.165 e. The van der Waals surface area contributed by atoms with Crippen molar-refractivity contribution in [1.29, 1.82) is 0 Å². The van der Waals surface area contributed by atoms with Crippen molar-refractivity contribution in [2.24, 2.45) is 11.1 Å². The molecular weight excluding hydrogens is 336 g/mol. The molecule has 0 unspecified atom stereocenters. The largest absolute Gasteiger partial charge is 0.391 e. The summed E-state index contributed by atoms with van der Waals surface area (Å²) in [6.45, 7) is 2.85. The first-order valence-corrected chi connectivity index (χ1v) is 7.87. The van der Waals surface area contributed by atoms with Gasteiger partial charge in [-0.1, -0.05) is 5.16 Å². The van der Waals surface area contributed by atoms with Crippen molar-refractivity contribution < 1.29 is 4.84 Å². The molecule has 0 bridgehead atoms. The van der Waals surface area contributed by atoms with Crippen LogP contribution < -0.4 is 5.32 Å². The Bertz CT molecular complexity index is 714. The van der Waals surface area contributed by atoms with E-state index in [2.05, 4.69) is 45.9 Å². The summed E-state index contributed by atoms with van der Waals surface area (Å²) in [4.78, 5) is 18.6. The maximum atomic E-state index is 5.45. The van der Waals surface area contributed by atoms with E-state index >= 15 is 0 Å². The number of hydrogen-bond donors (Lipinski definition) is 1. The molecule has 1 aliphatic heterocycles. The molecule has 1 saturated carbocycles. The second-order valence-electron chi connectivity index (χ2n) is 5.37. The van der Waals surface area contributed by atoms with Gasteiger partial charge in [-0.3, -0.25) is 0 Å². The molecule has 21 heavy (non-hydrogen) atoms. The lowest BCUT2D eigenvalue weighted by molar-refractivity contribution is 0.0719. The predicted octanol–water partition coefficient (Wildman–Crippen LogP) is 2.32. The summed E-state index contributed by atoms with van der Waals surface area (Å²) in [5.41, 5.74) is 1.70. The minimum atomic E-state index is 0.164. The highest BCUT2D eigenvalue weighted by Gasteiger charge is 2.43. The van der Waals surface area contributed by atoms with Gasteiger partial charge in [-0.2, -0.15) is 0 Å². The van der Waals surface area contributed by atoms with Crippen molar-refractivity contribution in [3.05, 3.63) is 12.7 Å². The zero-order valence-electron chi connectivity index (χ0n) is 11.5. The van der Waals surface area contributed by atoms with E-state index in [1.165, 1.54) is 0 Å². The van der Waals surface area contributed by atoms with Crippen LogP contribution in [0.1, 0.15) is 25.8 Å². The van der Waals surface area contributed by atoms with Crippen LogP contribution in [0.5, 0.6) is 0 Å². The van der Waals surface area contributed by atoms with Crippen molar-refractivity contribution in [1.82, 2.24) is 19.5 Å². The van der Waals surface area contributed by atoms with Crippen LogP contribution in [0, 0.1) is 5.92 Å². The third-order valence-electron chi connectivity index (χ3n) is 4.16. The third kappa shape index (κ3) is 2.00. The molecule has 0 aromatic carbocycles. The molecule has 0 saturated heterocycles. The molecule has 2 aliphatic rings. The quantitative estimate of drug-likeness (QED) is 0.918. The molecule has 110 valence electrons. The Kier molecular flexibility index (Phi) is 3.06. The topological polar surface area (TPSA) is 77.2 Å². The van der Waals surface area contributed by atoms with Gasteiger partial charge in [0.25, 0.3) is 0 Å². The molecule has 1 aliphatic carbocycles. The van der Waals surface area contributed by atoms with E-state index in [0.29, 0.717) is 12.0 Å². The first kappa shape index (κ1) is 13.0. The molecule has 4 rings (SSSR count). The molecule has 3 atom stereocenters. The van der Waals surface area contributed by atoms with E-state index in [-0.39, 0.29) is 6.10 Å². The average Bonchev–Trinajstić information content (AvgIpc) is 3.15. The predicted molar refractivity (Wildman–Crippen MR) is 82.5 cm³/mol. The molecule has 7 nitrogen and oxygen atoms in total. The average molecular weight is 351 g/mol. The van der Waals surface area contributed by atoms with Crippen LogP contribution >= 0.6 is 15.9 Å². The second-order valence-corrected chi connectivity index (χ2v) is 6.18. The van der Waals surface area contributed by atoms with Crippen LogP contribution in [0.2, 0.25) is 0 Å². The Morgan fingerprint density at radius 3 is 3.10 bits per heavy atom. The monoisotopic (exact) mass is 350 g/mol. The summed E-state index contributed by atoms with van der Waals surface area (Å²) < 4.78 is 3.06. The molecule has 0 spiro atoms. The van der Waals surface area contributed by atoms with Crippen molar-refractivity contribution in [2.45, 2.75) is 31.9 Å². The number of aromatic nitrogens is 4. The summed E-state index contributed by atoms with van der Waals surface area (Å²) in [6, 6.07) is 0.331. The molecule has 1 fully saturated rings. The number of nitrogens with one attached hydrogen (secondary N) is 1. The highest BCUT2D eigenvalue weighted by molar-refractivity contribution is 9.18. The number of anilines is 1. The zero-order chi connectivity index (χ0) is 14.4. The number of hydrogen-bond acceptors (Lipinski definition) is 6. The summed E-state index contributed by atoms with van der Waals surface area (Å²) in [5.74, 6) is 1.14. The lowest BCUT2D eigenvalue weighted by atomic mass is 10.1. The van der Waals surface area contributed by atoms with Gasteiger partial charge in [-0.15, -0.1) is 0 Å². The third-order valence-corrected chi connectivity index (χ3v) is 4.89. The number of rotatable bonds is 3. The molecular formula is C13H15BrN6O. The molecule has 8 heteroatoms. The Morgan fingerprint density at radius 2 is 2.29 bits per heavy atom. The summed E-state index contributed by atoms with van der Waals surface area (Å²) in [7, 11) is 0. The fourth-order valence-corrected chi connectivity index (χ4v) is 3.73. The molecule has 0 amide bonds. The standard InChI is InChI=1S/C13H15BrN6O/c1-2-15-12-10-13(17-5-16-12)20(6-18-10)7-3-8-9(4-7)21-19-11(8)14/h5-9H,2-4H2,1H3,(H,15,16,17)/t7-,8-,9+/m0/s1. The Balaban J connectivity index is 1.69. The van der Waals surface area contributed by atoms with Crippen molar-refractivity contribution in [3.63, 3.8) is 0 Å². The summed E-state index contributed by atoms with van der Waals surface area (Å²) >= 11 is 3.48. The van der Waals surface area contributed by atoms with Gasteiger partial charge in [0.15, 0.2) is 11.5 Å². The highest BCUT2D eigenvalue weighted by atomic mass is 79.9. The number of nitrogens with zero attached hydrogens (tertiary/aromatic N) is 5. The van der Waals surface area contributed by atoms with Gasteiger partial charge in [-0.05, 0) is 29.3 Å². The molecule has 2 aromatic rings. The van der Waals surface area contributed by atoms with Gasteiger partial charge in [0.05, 0.1) is 12.2 Å². The Labute approximate surface area is 129 Å². The van der Waals surface area contributed by atoms with Crippen LogP contribution in [0.4, 0.5) is 5.82 Å². The fraction of sp³-hybridized carbons (Fsp3) is 0.538. The summed E-state index contributed by atoms with van der Waals surface area (Å²) in [6.07, 6.45) is 5.52. The second kappa shape index (κ2) is 4.94. The van der Waals surface area contributed by atoms with E-state index in [1.807, 2.05) is 13.3 Å². The Hall–Kier alpha value is -1.70. The maximum absolute atomic E-state index is 5.45. The molecule has 0 radical (unpaired) electrons. The van der Waals surface area contributed by atoms with Gasteiger partial charge in [-0.25, -0.2) is 15.0 Å². The first-order chi connectivity index (χ1) is 10.3. The SMILES string of the molecule is CCNc1ncnc2c1ncn2[C@H]1C[C@@H]2C(Br)=NO[C@@H]2C1. The van der Waals surface area contributed by atoms with Crippen molar-refractivity contribution >= 4 is 37.5 Å². The van der Waals surface area contributed by atoms with Crippen molar-refractivity contribution in [2.75, 3.05) is 11.9 Å². The fourth-order valence-electron chi connectivity index (χ4n) is 3.17. The van der Waals surface area contributed by atoms with E-state index < -0.39 is 0 Å². The Morgan fingerprint density at radius 1 is 1.38 bits per heavy atom. The van der Waals surface area contributed by atoms with Gasteiger partial charge < -0.3 is 14.7 Å². The van der Waals surface area contributed by atoms with Crippen LogP contribution in [0.3, 0.4) is 0 Å². The van der Waals surface area contributed by atoms with Crippen molar-refractivity contribution in [3.8, 4) is 0 Å². The lowest BCUT2D eigenvalue weighted by Gasteiger charge is -2.12. The van der Waals surface area contributed by atoms with E-state index in [0.717, 1.165) is 41.0 Å². The van der Waals surface area contributed by atoms with Gasteiger partial charge in [0.1, 0.15) is 22.6 Å².